The largest absolute Gasteiger partial charge is 0.478 e. The number of nitrogens with one attached hydrogen (secondary N) is 1. The lowest BCUT2D eigenvalue weighted by atomic mass is 10.1. The molecule has 1 fully saturated rings. The highest BCUT2D eigenvalue weighted by atomic mass is 35.5. The van der Waals surface area contributed by atoms with Gasteiger partial charge in [0, 0.05) is 6.54 Å². The van der Waals surface area contributed by atoms with Gasteiger partial charge in [-0.1, -0.05) is 25.4 Å². The van der Waals surface area contributed by atoms with E-state index in [1.165, 1.54) is 12.1 Å². The summed E-state index contributed by atoms with van der Waals surface area (Å²) in [5, 5.41) is 8.97. The second-order valence-corrected chi connectivity index (χ2v) is 7.86. The van der Waals surface area contributed by atoms with Crippen LogP contribution in [0.2, 0.25) is 5.02 Å². The van der Waals surface area contributed by atoms with E-state index in [1.807, 2.05) is 0 Å². The number of hydrogen-bond donors (Lipinski definition) is 2. The lowest BCUT2D eigenvalue weighted by Gasteiger charge is -2.09. The van der Waals surface area contributed by atoms with Gasteiger partial charge in [0.2, 0.25) is 10.0 Å². The summed E-state index contributed by atoms with van der Waals surface area (Å²) in [4.78, 5) is 10.9. The number of aromatic carboxylic acids is 1. The minimum atomic E-state index is -3.71. The van der Waals surface area contributed by atoms with Crippen LogP contribution < -0.4 is 4.72 Å². The molecule has 1 aromatic carbocycles. The Bertz CT molecular complexity index is 654. The van der Waals surface area contributed by atoms with E-state index in [0.717, 1.165) is 12.5 Å². The maximum Gasteiger partial charge on any atom is 0.337 e. The number of hydrogen-bond acceptors (Lipinski definition) is 3. The van der Waals surface area contributed by atoms with E-state index in [1.54, 1.807) is 0 Å². The van der Waals surface area contributed by atoms with E-state index in [0.29, 0.717) is 12.5 Å². The van der Waals surface area contributed by atoms with Crippen LogP contribution in [0.3, 0.4) is 0 Å². The Morgan fingerprint density at radius 2 is 2.10 bits per heavy atom. The number of carboxylic acid groups (broad SMARTS) is 1. The molecule has 110 valence electrons. The molecule has 5 nitrogen and oxygen atoms in total. The number of rotatable bonds is 5. The summed E-state index contributed by atoms with van der Waals surface area (Å²) >= 11 is 5.72. The fraction of sp³-hybridized carbons (Fsp3) is 0.462. The molecule has 1 aliphatic carbocycles. The Morgan fingerprint density at radius 3 is 2.60 bits per heavy atom. The Labute approximate surface area is 123 Å². The second-order valence-electron chi connectivity index (χ2n) is 5.69. The maximum absolute atomic E-state index is 12.1. The van der Waals surface area contributed by atoms with Gasteiger partial charge in [-0.25, -0.2) is 17.9 Å². The minimum absolute atomic E-state index is 0.0137. The van der Waals surface area contributed by atoms with Crippen molar-refractivity contribution in [3.05, 3.63) is 28.8 Å². The lowest BCUT2D eigenvalue weighted by Crippen LogP contribution is -2.27. The average molecular weight is 318 g/mol. The topological polar surface area (TPSA) is 83.5 Å². The first-order valence-corrected chi connectivity index (χ1v) is 8.02. The van der Waals surface area contributed by atoms with Crippen LogP contribution in [-0.2, 0) is 10.0 Å². The highest BCUT2D eigenvalue weighted by Crippen LogP contribution is 2.51. The van der Waals surface area contributed by atoms with E-state index >= 15 is 0 Å². The van der Waals surface area contributed by atoms with Gasteiger partial charge in [0.1, 0.15) is 0 Å². The SMILES string of the molecule is CC1(C)CC1CNS(=O)(=O)c1ccc(Cl)c(C(=O)O)c1. The van der Waals surface area contributed by atoms with Gasteiger partial charge in [0.15, 0.2) is 0 Å². The third-order valence-electron chi connectivity index (χ3n) is 3.72. The minimum Gasteiger partial charge on any atom is -0.478 e. The van der Waals surface area contributed by atoms with Crippen molar-refractivity contribution >= 4 is 27.6 Å². The third kappa shape index (κ3) is 3.13. The molecule has 2 rings (SSSR count). The maximum atomic E-state index is 12.1. The van der Waals surface area contributed by atoms with Crippen molar-refractivity contribution in [1.29, 1.82) is 0 Å². The van der Waals surface area contributed by atoms with Gasteiger partial charge in [0.05, 0.1) is 15.5 Å². The summed E-state index contributed by atoms with van der Waals surface area (Å²) in [6, 6.07) is 3.65. The molecular formula is C13H16ClNO4S. The normalized spacial score (nSPS) is 20.6. The Hall–Kier alpha value is -1.11. The van der Waals surface area contributed by atoms with Gasteiger partial charge in [-0.2, -0.15) is 0 Å². The van der Waals surface area contributed by atoms with Crippen LogP contribution >= 0.6 is 11.6 Å². The Morgan fingerprint density at radius 1 is 1.50 bits per heavy atom. The molecule has 2 N–H and O–H groups in total. The van der Waals surface area contributed by atoms with Crippen LogP contribution in [0.25, 0.3) is 0 Å². The summed E-state index contributed by atoms with van der Waals surface area (Å²) in [6.45, 7) is 4.52. The van der Waals surface area contributed by atoms with E-state index in [2.05, 4.69) is 18.6 Å². The van der Waals surface area contributed by atoms with Gasteiger partial charge in [-0.15, -0.1) is 0 Å². The van der Waals surface area contributed by atoms with Gasteiger partial charge >= 0.3 is 5.97 Å². The molecule has 1 saturated carbocycles. The molecular weight excluding hydrogens is 302 g/mol. The number of sulfonamides is 1. The fourth-order valence-electron chi connectivity index (χ4n) is 2.05. The van der Waals surface area contributed by atoms with Crippen LogP contribution in [0.1, 0.15) is 30.6 Å². The molecule has 0 radical (unpaired) electrons. The van der Waals surface area contributed by atoms with Crippen molar-refractivity contribution in [2.75, 3.05) is 6.54 Å². The summed E-state index contributed by atoms with van der Waals surface area (Å²) < 4.78 is 26.7. The number of halogens is 1. The molecule has 1 aliphatic rings. The van der Waals surface area contributed by atoms with Gasteiger partial charge in [-0.3, -0.25) is 0 Å². The first kappa shape index (κ1) is 15.3. The summed E-state index contributed by atoms with van der Waals surface area (Å²) in [5.74, 6) is -0.932. The van der Waals surface area contributed by atoms with Gasteiger partial charge in [0.25, 0.3) is 0 Å². The molecule has 1 aromatic rings. The van der Waals surface area contributed by atoms with Crippen molar-refractivity contribution in [3.8, 4) is 0 Å². The molecule has 0 heterocycles. The van der Waals surface area contributed by atoms with E-state index < -0.39 is 16.0 Å². The predicted octanol–water partition coefficient (Wildman–Crippen LogP) is 2.36. The zero-order valence-electron chi connectivity index (χ0n) is 11.2. The Balaban J connectivity index is 2.17. The molecule has 7 heteroatoms. The highest BCUT2D eigenvalue weighted by Gasteiger charge is 2.45. The summed E-state index contributed by atoms with van der Waals surface area (Å²) in [5.41, 5.74) is -0.0457. The van der Waals surface area contributed by atoms with Crippen molar-refractivity contribution in [3.63, 3.8) is 0 Å². The molecule has 0 amide bonds. The molecule has 20 heavy (non-hydrogen) atoms. The number of carbonyl (C=O) groups is 1. The number of carboxylic acids is 1. The zero-order chi connectivity index (χ0) is 15.1. The molecule has 0 aromatic heterocycles. The monoisotopic (exact) mass is 317 g/mol. The van der Waals surface area contributed by atoms with E-state index in [-0.39, 0.29) is 20.9 Å². The van der Waals surface area contributed by atoms with E-state index in [4.69, 9.17) is 16.7 Å². The van der Waals surface area contributed by atoms with Crippen molar-refractivity contribution in [1.82, 2.24) is 4.72 Å². The van der Waals surface area contributed by atoms with Crippen molar-refractivity contribution in [2.24, 2.45) is 11.3 Å². The van der Waals surface area contributed by atoms with Crippen LogP contribution in [0, 0.1) is 11.3 Å². The van der Waals surface area contributed by atoms with Crippen LogP contribution in [0.4, 0.5) is 0 Å². The predicted molar refractivity (Wildman–Crippen MR) is 75.5 cm³/mol. The van der Waals surface area contributed by atoms with Crippen LogP contribution in [0.15, 0.2) is 23.1 Å². The second kappa shape index (κ2) is 5.02. The lowest BCUT2D eigenvalue weighted by molar-refractivity contribution is 0.0697. The fourth-order valence-corrected chi connectivity index (χ4v) is 3.36. The van der Waals surface area contributed by atoms with Crippen LogP contribution in [0.5, 0.6) is 0 Å². The molecule has 0 spiro atoms. The zero-order valence-corrected chi connectivity index (χ0v) is 12.8. The van der Waals surface area contributed by atoms with Crippen molar-refractivity contribution in [2.45, 2.75) is 25.2 Å². The standard InChI is InChI=1S/C13H16ClNO4S/c1-13(2)6-8(13)7-15-20(18,19)9-3-4-11(14)10(5-9)12(16)17/h3-5,8,15H,6-7H2,1-2H3,(H,16,17). The van der Waals surface area contributed by atoms with Crippen LogP contribution in [-0.4, -0.2) is 26.0 Å². The molecule has 1 unspecified atom stereocenters. The molecule has 0 saturated heterocycles. The highest BCUT2D eigenvalue weighted by molar-refractivity contribution is 7.89. The van der Waals surface area contributed by atoms with Gasteiger partial charge < -0.3 is 5.11 Å². The summed E-state index contributed by atoms with van der Waals surface area (Å²) in [7, 11) is -3.71. The first-order valence-electron chi connectivity index (χ1n) is 6.16. The quantitative estimate of drug-likeness (QED) is 0.873. The summed E-state index contributed by atoms with van der Waals surface area (Å²) in [6.07, 6.45) is 0.983. The smallest absolute Gasteiger partial charge is 0.337 e. The van der Waals surface area contributed by atoms with Crippen molar-refractivity contribution < 1.29 is 18.3 Å². The first-order chi connectivity index (χ1) is 9.13. The third-order valence-corrected chi connectivity index (χ3v) is 5.47. The molecule has 0 bridgehead atoms. The van der Waals surface area contributed by atoms with Gasteiger partial charge in [-0.05, 0) is 36.0 Å². The average Bonchev–Trinajstić information content (AvgIpc) is 2.95. The molecule has 1 atom stereocenters. The van der Waals surface area contributed by atoms with E-state index in [9.17, 15) is 13.2 Å². The molecule has 0 aliphatic heterocycles. The number of benzene rings is 1. The Kier molecular flexibility index (Phi) is 3.83.